The Hall–Kier alpha value is -0.690. The van der Waals surface area contributed by atoms with Crippen LogP contribution in [0.5, 0.6) is 0 Å². The van der Waals surface area contributed by atoms with E-state index in [4.69, 9.17) is 0 Å². The van der Waals surface area contributed by atoms with Crippen LogP contribution in [0.4, 0.5) is 0 Å². The molecule has 1 saturated carbocycles. The Morgan fingerprint density at radius 3 is 2.04 bits per heavy atom. The molecule has 0 aromatic carbocycles. The van der Waals surface area contributed by atoms with E-state index in [1.165, 1.54) is 19.3 Å². The van der Waals surface area contributed by atoms with Gasteiger partial charge in [-0.1, -0.05) is 19.3 Å². The molecule has 3 rings (SSSR count). The molecule has 0 bridgehead atoms. The van der Waals surface area contributed by atoms with Crippen molar-refractivity contribution >= 4 is 5.91 Å². The average Bonchev–Trinajstić information content (AvgIpc) is 2.60. The molecular weight excluding hydrogens is 308 g/mol. The minimum absolute atomic E-state index is 0.254. The number of carbonyl (C=O) groups excluding carboxylic acids is 1. The molecule has 3 aliphatic rings. The van der Waals surface area contributed by atoms with Gasteiger partial charge in [-0.3, -0.25) is 9.69 Å². The number of likely N-dealkylation sites (tertiary alicyclic amines) is 2. The molecule has 0 aromatic rings. The molecule has 0 spiro atoms. The maximum atomic E-state index is 12.6. The lowest BCUT2D eigenvalue weighted by atomic mass is 9.87. The van der Waals surface area contributed by atoms with Gasteiger partial charge in [-0.25, -0.2) is 0 Å². The molecule has 0 unspecified atom stereocenters. The van der Waals surface area contributed by atoms with E-state index in [0.717, 1.165) is 45.3 Å². The molecule has 3 fully saturated rings. The van der Waals surface area contributed by atoms with Gasteiger partial charge in [0.05, 0.1) is 12.2 Å². The molecule has 2 aliphatic heterocycles. The standard InChI is InChI=1S/C18H32N2O4/c21-15-11-19(12-16(22)17(15)23)10-13-6-8-20(9-7-13)18(24)14-4-2-1-3-5-14/h13-17,21-23H,1-12H2/t15-,16+,17+. The molecule has 3 atom stereocenters. The van der Waals surface area contributed by atoms with Crippen molar-refractivity contribution in [2.24, 2.45) is 11.8 Å². The van der Waals surface area contributed by atoms with Crippen LogP contribution in [0.25, 0.3) is 0 Å². The van der Waals surface area contributed by atoms with E-state index in [1.54, 1.807) is 0 Å². The first-order valence-electron chi connectivity index (χ1n) is 9.60. The third-order valence-electron chi connectivity index (χ3n) is 6.08. The topological polar surface area (TPSA) is 84.2 Å². The molecule has 1 aliphatic carbocycles. The number of nitrogens with zero attached hydrogens (tertiary/aromatic N) is 2. The molecule has 0 radical (unpaired) electrons. The zero-order valence-corrected chi connectivity index (χ0v) is 14.5. The van der Waals surface area contributed by atoms with Crippen molar-refractivity contribution in [3.8, 4) is 0 Å². The number of amides is 1. The van der Waals surface area contributed by atoms with Crippen molar-refractivity contribution in [1.82, 2.24) is 9.80 Å². The molecule has 1 amide bonds. The minimum atomic E-state index is -1.03. The van der Waals surface area contributed by atoms with E-state index < -0.39 is 18.3 Å². The Bertz CT molecular complexity index is 407. The first-order chi connectivity index (χ1) is 11.5. The van der Waals surface area contributed by atoms with Gasteiger partial charge in [0.25, 0.3) is 0 Å². The molecular formula is C18H32N2O4. The highest BCUT2D eigenvalue weighted by Crippen LogP contribution is 2.28. The van der Waals surface area contributed by atoms with Crippen LogP contribution < -0.4 is 0 Å². The predicted molar refractivity (Wildman–Crippen MR) is 90.3 cm³/mol. The highest BCUT2D eigenvalue weighted by atomic mass is 16.4. The van der Waals surface area contributed by atoms with Gasteiger partial charge >= 0.3 is 0 Å². The second-order valence-corrected chi connectivity index (χ2v) is 7.95. The van der Waals surface area contributed by atoms with Crippen LogP contribution in [0, 0.1) is 11.8 Å². The summed E-state index contributed by atoms with van der Waals surface area (Å²) in [6.45, 7) is 3.33. The summed E-state index contributed by atoms with van der Waals surface area (Å²) in [5.41, 5.74) is 0. The van der Waals surface area contributed by atoms with Gasteiger partial charge in [-0.05, 0) is 31.6 Å². The number of hydrogen-bond acceptors (Lipinski definition) is 5. The first-order valence-corrected chi connectivity index (χ1v) is 9.60. The van der Waals surface area contributed by atoms with Gasteiger partial charge in [0.15, 0.2) is 0 Å². The highest BCUT2D eigenvalue weighted by Gasteiger charge is 2.35. The monoisotopic (exact) mass is 340 g/mol. The van der Waals surface area contributed by atoms with Crippen LogP contribution in [-0.4, -0.2) is 82.1 Å². The summed E-state index contributed by atoms with van der Waals surface area (Å²) < 4.78 is 0. The zero-order valence-electron chi connectivity index (χ0n) is 14.5. The van der Waals surface area contributed by atoms with Crippen LogP contribution in [0.1, 0.15) is 44.9 Å². The average molecular weight is 340 g/mol. The van der Waals surface area contributed by atoms with Gasteiger partial charge in [0.2, 0.25) is 5.91 Å². The van der Waals surface area contributed by atoms with Gasteiger partial charge in [0.1, 0.15) is 6.10 Å². The van der Waals surface area contributed by atoms with Crippen molar-refractivity contribution in [3.63, 3.8) is 0 Å². The number of aliphatic hydroxyl groups excluding tert-OH is 3. The summed E-state index contributed by atoms with van der Waals surface area (Å²) in [6.07, 6.45) is 4.98. The lowest BCUT2D eigenvalue weighted by molar-refractivity contribution is -0.138. The van der Waals surface area contributed by atoms with E-state index in [-0.39, 0.29) is 5.92 Å². The normalized spacial score (nSPS) is 34.5. The lowest BCUT2D eigenvalue weighted by Gasteiger charge is -2.41. The first kappa shape index (κ1) is 18.1. The van der Waals surface area contributed by atoms with Crippen molar-refractivity contribution in [2.45, 2.75) is 63.3 Å². The second-order valence-electron chi connectivity index (χ2n) is 7.95. The summed E-state index contributed by atoms with van der Waals surface area (Å²) in [5, 5.41) is 29.2. The van der Waals surface area contributed by atoms with E-state index in [1.807, 2.05) is 4.90 Å². The van der Waals surface area contributed by atoms with Crippen LogP contribution in [0.3, 0.4) is 0 Å². The van der Waals surface area contributed by atoms with Crippen molar-refractivity contribution in [1.29, 1.82) is 0 Å². The molecule has 3 N–H and O–H groups in total. The summed E-state index contributed by atoms with van der Waals surface area (Å²) in [7, 11) is 0. The fourth-order valence-corrected chi connectivity index (χ4v) is 4.53. The van der Waals surface area contributed by atoms with Crippen LogP contribution in [0.2, 0.25) is 0 Å². The van der Waals surface area contributed by atoms with Crippen molar-refractivity contribution in [3.05, 3.63) is 0 Å². The minimum Gasteiger partial charge on any atom is -0.389 e. The van der Waals surface area contributed by atoms with E-state index in [0.29, 0.717) is 24.9 Å². The number of β-amino-alcohol motifs (C(OH)–C–C–N with tert-alkyl or cyclic N) is 2. The van der Waals surface area contributed by atoms with E-state index >= 15 is 0 Å². The third-order valence-corrected chi connectivity index (χ3v) is 6.08. The van der Waals surface area contributed by atoms with Crippen molar-refractivity contribution in [2.75, 3.05) is 32.7 Å². The van der Waals surface area contributed by atoms with Crippen molar-refractivity contribution < 1.29 is 20.1 Å². The number of carbonyl (C=O) groups is 1. The second kappa shape index (κ2) is 8.13. The van der Waals surface area contributed by atoms with Crippen LogP contribution >= 0.6 is 0 Å². The van der Waals surface area contributed by atoms with Gasteiger partial charge in [0, 0.05) is 38.6 Å². The number of rotatable bonds is 3. The maximum Gasteiger partial charge on any atom is 0.225 e. The quantitative estimate of drug-likeness (QED) is 0.684. The number of aliphatic hydroxyl groups is 3. The van der Waals surface area contributed by atoms with Crippen LogP contribution in [-0.2, 0) is 4.79 Å². The molecule has 138 valence electrons. The Morgan fingerprint density at radius 2 is 1.46 bits per heavy atom. The Morgan fingerprint density at radius 1 is 0.875 bits per heavy atom. The molecule has 6 nitrogen and oxygen atoms in total. The lowest BCUT2D eigenvalue weighted by Crippen LogP contribution is -2.56. The molecule has 24 heavy (non-hydrogen) atoms. The summed E-state index contributed by atoms with van der Waals surface area (Å²) >= 11 is 0. The summed E-state index contributed by atoms with van der Waals surface area (Å²) in [4.78, 5) is 16.7. The SMILES string of the molecule is O=C(C1CCCCC1)N1CCC(CN2C[C@@H](O)[C@H](O)[C@@H](O)C2)CC1. The number of hydrogen-bond donors (Lipinski definition) is 3. The molecule has 6 heteroatoms. The molecule has 2 saturated heterocycles. The highest BCUT2D eigenvalue weighted by molar-refractivity contribution is 5.79. The third kappa shape index (κ3) is 4.28. The fourth-order valence-electron chi connectivity index (χ4n) is 4.53. The predicted octanol–water partition coefficient (Wildman–Crippen LogP) is 0.204. The Kier molecular flexibility index (Phi) is 6.13. The largest absolute Gasteiger partial charge is 0.389 e. The van der Waals surface area contributed by atoms with Crippen LogP contribution in [0.15, 0.2) is 0 Å². The Balaban J connectivity index is 1.43. The summed E-state index contributed by atoms with van der Waals surface area (Å²) in [6, 6.07) is 0. The molecule has 2 heterocycles. The summed E-state index contributed by atoms with van der Waals surface area (Å²) in [5.74, 6) is 1.11. The fraction of sp³-hybridized carbons (Fsp3) is 0.944. The maximum absolute atomic E-state index is 12.6. The van der Waals surface area contributed by atoms with Gasteiger partial charge in [-0.15, -0.1) is 0 Å². The number of piperidine rings is 2. The van der Waals surface area contributed by atoms with E-state index in [9.17, 15) is 20.1 Å². The molecule has 0 aromatic heterocycles. The van der Waals surface area contributed by atoms with Gasteiger partial charge < -0.3 is 20.2 Å². The Labute approximate surface area is 144 Å². The zero-order chi connectivity index (χ0) is 17.1. The van der Waals surface area contributed by atoms with Gasteiger partial charge in [-0.2, -0.15) is 0 Å². The van der Waals surface area contributed by atoms with E-state index in [2.05, 4.69) is 4.90 Å². The smallest absolute Gasteiger partial charge is 0.225 e.